The van der Waals surface area contributed by atoms with E-state index in [4.69, 9.17) is 21.1 Å². The zero-order chi connectivity index (χ0) is 17.7. The number of nitrogens with zero attached hydrogens (tertiary/aromatic N) is 1. The summed E-state index contributed by atoms with van der Waals surface area (Å²) in [7, 11) is 0. The fourth-order valence-electron chi connectivity index (χ4n) is 1.60. The molecule has 1 aromatic carbocycles. The highest BCUT2D eigenvalue weighted by atomic mass is 35.5. The van der Waals surface area contributed by atoms with E-state index >= 15 is 0 Å². The number of rotatable bonds is 5. The number of aliphatic imine (C=N–C) groups is 1. The maximum Gasteiger partial charge on any atom is 0.333 e. The molecule has 0 saturated heterocycles. The highest BCUT2D eigenvalue weighted by Crippen LogP contribution is 2.14. The first-order chi connectivity index (χ1) is 10.5. The second-order valence-electron chi connectivity index (χ2n) is 7.30. The van der Waals surface area contributed by atoms with Crippen LogP contribution >= 0.6 is 11.6 Å². The number of carbonyl (C=O) groups excluding carboxylic acids is 1. The molecule has 0 fully saturated rings. The summed E-state index contributed by atoms with van der Waals surface area (Å²) in [6.45, 7) is 11.5. The minimum absolute atomic E-state index is 0.169. The normalized spacial score (nSPS) is 14.0. The molecule has 1 rings (SSSR count). The van der Waals surface area contributed by atoms with Crippen LogP contribution in [0, 0.1) is 0 Å². The lowest BCUT2D eigenvalue weighted by atomic mass is 10.1. The summed E-state index contributed by atoms with van der Waals surface area (Å²) >= 11 is 5.86. The van der Waals surface area contributed by atoms with Gasteiger partial charge in [0.2, 0.25) is 0 Å². The Hall–Kier alpha value is -1.39. The molecule has 23 heavy (non-hydrogen) atoms. The number of halogens is 1. The lowest BCUT2D eigenvalue weighted by Crippen LogP contribution is -2.36. The van der Waals surface area contributed by atoms with Gasteiger partial charge in [-0.05, 0) is 59.2 Å². The molecule has 0 aliphatic rings. The predicted molar refractivity (Wildman–Crippen MR) is 94.4 cm³/mol. The Kier molecular flexibility index (Phi) is 6.78. The summed E-state index contributed by atoms with van der Waals surface area (Å²) in [5, 5.41) is 0.655. The van der Waals surface area contributed by atoms with E-state index in [0.717, 1.165) is 5.56 Å². The highest BCUT2D eigenvalue weighted by Gasteiger charge is 2.26. The van der Waals surface area contributed by atoms with Gasteiger partial charge in [0.1, 0.15) is 5.60 Å². The Labute approximate surface area is 143 Å². The van der Waals surface area contributed by atoms with E-state index in [9.17, 15) is 4.79 Å². The van der Waals surface area contributed by atoms with Gasteiger partial charge in [-0.1, -0.05) is 23.7 Å². The van der Waals surface area contributed by atoms with Crippen LogP contribution in [0.3, 0.4) is 0 Å². The van der Waals surface area contributed by atoms with Crippen molar-refractivity contribution in [2.24, 2.45) is 4.99 Å². The number of benzene rings is 1. The molecule has 0 saturated carbocycles. The monoisotopic (exact) mass is 339 g/mol. The molecule has 5 heteroatoms. The van der Waals surface area contributed by atoms with Crippen molar-refractivity contribution in [1.82, 2.24) is 0 Å². The molecule has 1 aromatic rings. The summed E-state index contributed by atoms with van der Waals surface area (Å²) in [6.07, 6.45) is 1.64. The molecule has 1 unspecified atom stereocenters. The lowest BCUT2D eigenvalue weighted by Gasteiger charge is -2.25. The first kappa shape index (κ1) is 19.7. The number of esters is 1. The molecule has 0 amide bonds. The van der Waals surface area contributed by atoms with Crippen molar-refractivity contribution >= 4 is 23.8 Å². The van der Waals surface area contributed by atoms with Gasteiger partial charge in [-0.15, -0.1) is 0 Å². The van der Waals surface area contributed by atoms with Crippen LogP contribution in [0.25, 0.3) is 0 Å². The Morgan fingerprint density at radius 3 is 2.17 bits per heavy atom. The molecule has 0 radical (unpaired) electrons. The summed E-state index contributed by atoms with van der Waals surface area (Å²) in [4.78, 5) is 16.7. The summed E-state index contributed by atoms with van der Waals surface area (Å²) < 4.78 is 11.1. The van der Waals surface area contributed by atoms with E-state index in [1.807, 2.05) is 53.7 Å². The van der Waals surface area contributed by atoms with Crippen molar-refractivity contribution in [2.45, 2.75) is 58.8 Å². The van der Waals surface area contributed by atoms with E-state index in [1.165, 1.54) is 0 Å². The van der Waals surface area contributed by atoms with Crippen molar-refractivity contribution in [1.29, 1.82) is 0 Å². The van der Waals surface area contributed by atoms with Gasteiger partial charge in [-0.25, -0.2) is 4.79 Å². The number of hydrogen-bond donors (Lipinski definition) is 0. The number of ether oxygens (including phenoxy) is 2. The molecule has 0 aliphatic heterocycles. The minimum Gasteiger partial charge on any atom is -0.458 e. The van der Waals surface area contributed by atoms with Gasteiger partial charge in [-0.2, -0.15) is 0 Å². The van der Waals surface area contributed by atoms with E-state index in [0.29, 0.717) is 5.02 Å². The molecular formula is C18H26ClNO3. The molecular weight excluding hydrogens is 314 g/mol. The van der Waals surface area contributed by atoms with Gasteiger partial charge >= 0.3 is 5.97 Å². The Bertz CT molecular complexity index is 539. The summed E-state index contributed by atoms with van der Waals surface area (Å²) in [6, 6.07) is 6.52. The highest BCUT2D eigenvalue weighted by molar-refractivity contribution is 6.30. The third kappa shape index (κ3) is 8.72. The Balaban J connectivity index is 2.85. The van der Waals surface area contributed by atoms with Crippen molar-refractivity contribution in [3.63, 3.8) is 0 Å². The van der Waals surface area contributed by atoms with Crippen LogP contribution in [0.4, 0.5) is 0 Å². The van der Waals surface area contributed by atoms with Gasteiger partial charge in [0, 0.05) is 11.2 Å². The fraction of sp³-hybridized carbons (Fsp3) is 0.556. The lowest BCUT2D eigenvalue weighted by molar-refractivity contribution is -0.159. The Morgan fingerprint density at radius 1 is 1.13 bits per heavy atom. The molecule has 4 nitrogen and oxygen atoms in total. The number of hydrogen-bond acceptors (Lipinski definition) is 4. The maximum absolute atomic E-state index is 12.3. The molecule has 0 heterocycles. The minimum atomic E-state index is -0.705. The molecule has 128 valence electrons. The maximum atomic E-state index is 12.3. The Morgan fingerprint density at radius 2 is 1.70 bits per heavy atom. The zero-order valence-corrected chi connectivity index (χ0v) is 15.5. The van der Waals surface area contributed by atoms with E-state index < -0.39 is 17.6 Å². The zero-order valence-electron chi connectivity index (χ0n) is 14.7. The van der Waals surface area contributed by atoms with Crippen molar-refractivity contribution in [3.05, 3.63) is 34.9 Å². The van der Waals surface area contributed by atoms with Crippen LogP contribution in [0.15, 0.2) is 29.3 Å². The second kappa shape index (κ2) is 7.93. The smallest absolute Gasteiger partial charge is 0.333 e. The summed E-state index contributed by atoms with van der Waals surface area (Å²) in [5.74, 6) is -0.396. The molecule has 0 N–H and O–H groups in total. The molecule has 0 bridgehead atoms. The molecule has 0 spiro atoms. The van der Waals surface area contributed by atoms with Crippen molar-refractivity contribution < 1.29 is 14.3 Å². The van der Waals surface area contributed by atoms with Crippen LogP contribution in [-0.2, 0) is 14.3 Å². The van der Waals surface area contributed by atoms with Crippen LogP contribution in [0.1, 0.15) is 47.1 Å². The van der Waals surface area contributed by atoms with Gasteiger partial charge < -0.3 is 9.47 Å². The average molecular weight is 340 g/mol. The van der Waals surface area contributed by atoms with Crippen LogP contribution < -0.4 is 0 Å². The van der Waals surface area contributed by atoms with E-state index in [1.54, 1.807) is 18.3 Å². The molecule has 1 atom stereocenters. The molecule has 0 aliphatic carbocycles. The summed E-state index contributed by atoms with van der Waals surface area (Å²) in [5.41, 5.74) is -0.0539. The van der Waals surface area contributed by atoms with E-state index in [2.05, 4.69) is 4.99 Å². The topological polar surface area (TPSA) is 47.9 Å². The van der Waals surface area contributed by atoms with Gasteiger partial charge in [0.05, 0.1) is 12.2 Å². The first-order valence-corrected chi connectivity index (χ1v) is 8.00. The third-order valence-corrected chi connectivity index (χ3v) is 2.88. The third-order valence-electron chi connectivity index (χ3n) is 2.63. The SMILES string of the molecule is CC(C)(C)OCC(N=Cc1ccc(Cl)cc1)C(=O)OC(C)(C)C. The van der Waals surface area contributed by atoms with Crippen molar-refractivity contribution in [3.8, 4) is 0 Å². The van der Waals surface area contributed by atoms with Crippen LogP contribution in [-0.4, -0.2) is 36.0 Å². The van der Waals surface area contributed by atoms with Crippen LogP contribution in [0.5, 0.6) is 0 Å². The average Bonchev–Trinajstić information content (AvgIpc) is 2.37. The van der Waals surface area contributed by atoms with E-state index in [-0.39, 0.29) is 12.2 Å². The fourth-order valence-corrected chi connectivity index (χ4v) is 1.72. The predicted octanol–water partition coefficient (Wildman–Crippen LogP) is 4.28. The van der Waals surface area contributed by atoms with Crippen LogP contribution in [0.2, 0.25) is 5.02 Å². The van der Waals surface area contributed by atoms with Gasteiger partial charge in [0.15, 0.2) is 6.04 Å². The van der Waals surface area contributed by atoms with Gasteiger partial charge in [0.25, 0.3) is 0 Å². The first-order valence-electron chi connectivity index (χ1n) is 7.62. The van der Waals surface area contributed by atoms with Gasteiger partial charge in [-0.3, -0.25) is 4.99 Å². The van der Waals surface area contributed by atoms with Crippen molar-refractivity contribution in [2.75, 3.05) is 6.61 Å². The largest absolute Gasteiger partial charge is 0.458 e. The molecule has 0 aromatic heterocycles. The standard InChI is InChI=1S/C18H26ClNO3/c1-17(2,3)22-12-15(16(21)23-18(4,5)6)20-11-13-7-9-14(19)10-8-13/h7-11,15H,12H2,1-6H3. The second-order valence-corrected chi connectivity index (χ2v) is 7.74. The number of carbonyl (C=O) groups is 1. The quantitative estimate of drug-likeness (QED) is 0.594.